The Hall–Kier alpha value is 1.73. The number of hydrogen-bond acceptors (Lipinski definition) is 1. The Balaban J connectivity index is -0.0000000405. The first-order chi connectivity index (χ1) is 4.72. The average Bonchev–Trinajstić information content (AvgIpc) is 1.87. The molecule has 0 aromatic carbocycles. The minimum absolute atomic E-state index is 0. The second-order valence-corrected chi connectivity index (χ2v) is 2.61. The van der Waals surface area contributed by atoms with Crippen molar-refractivity contribution in [3.63, 3.8) is 0 Å². The van der Waals surface area contributed by atoms with Crippen LogP contribution in [-0.4, -0.2) is 48.8 Å². The van der Waals surface area contributed by atoms with Crippen LogP contribution in [0.25, 0.3) is 0 Å². The number of carboxylic acids is 1. The third-order valence-corrected chi connectivity index (χ3v) is 1.62. The third-order valence-electron chi connectivity index (χ3n) is 1.62. The second-order valence-electron chi connectivity index (χ2n) is 2.61. The zero-order valence-corrected chi connectivity index (χ0v) is 12.7. The first-order valence-electron chi connectivity index (χ1n) is 3.95. The van der Waals surface area contributed by atoms with Crippen molar-refractivity contribution < 1.29 is 43.7 Å². The number of aliphatic carboxylic acids is 1. The van der Waals surface area contributed by atoms with Crippen molar-refractivity contribution in [2.75, 3.05) is 0 Å². The number of carboxylic acid groups (broad SMARTS) is 1. The van der Waals surface area contributed by atoms with E-state index in [9.17, 15) is 4.79 Å². The van der Waals surface area contributed by atoms with Crippen molar-refractivity contribution >= 4 is 43.7 Å². The summed E-state index contributed by atoms with van der Waals surface area (Å²) in [5.74, 6) is -0.737. The molecule has 0 spiro atoms. The minimum atomic E-state index is -0.635. The Morgan fingerprint density at radius 1 is 1.33 bits per heavy atom. The van der Waals surface area contributed by atoms with Crippen LogP contribution in [0.15, 0.2) is 0 Å². The van der Waals surface area contributed by atoms with Crippen molar-refractivity contribution in [2.24, 2.45) is 5.92 Å². The Morgan fingerprint density at radius 2 is 1.67 bits per heavy atom. The molecule has 0 aliphatic heterocycles. The average molecular weight is 210 g/mol. The summed E-state index contributed by atoms with van der Waals surface area (Å²) in [5.41, 5.74) is 0. The molecule has 0 aliphatic rings. The van der Waals surface area contributed by atoms with Crippen LogP contribution in [0.4, 0.5) is 0 Å². The summed E-state index contributed by atoms with van der Waals surface area (Å²) in [6, 6.07) is 0. The van der Waals surface area contributed by atoms with Gasteiger partial charge in [-0.3, -0.25) is 4.79 Å². The predicted molar refractivity (Wildman–Crippen MR) is 50.0 cm³/mol. The van der Waals surface area contributed by atoms with Gasteiger partial charge in [0, 0.05) is 0 Å². The van der Waals surface area contributed by atoms with Crippen molar-refractivity contribution in [1.29, 1.82) is 0 Å². The summed E-state index contributed by atoms with van der Waals surface area (Å²) < 4.78 is 0. The molecule has 12 heavy (non-hydrogen) atoms. The molecule has 1 N–H and O–H groups in total. The molecule has 0 rings (SSSR count). The summed E-state index contributed by atoms with van der Waals surface area (Å²) in [7, 11) is 0. The maximum Gasteiger partial charge on any atom is 2.00 e. The second kappa shape index (κ2) is 12.7. The van der Waals surface area contributed by atoms with E-state index < -0.39 is 5.97 Å². The first-order valence-corrected chi connectivity index (χ1v) is 3.95. The van der Waals surface area contributed by atoms with Crippen LogP contribution in [0.5, 0.6) is 0 Å². The van der Waals surface area contributed by atoms with Crippen molar-refractivity contribution in [1.82, 2.24) is 0 Å². The summed E-state index contributed by atoms with van der Waals surface area (Å²) >= 11 is 0. The fourth-order valence-electron chi connectivity index (χ4n) is 1.09. The van der Waals surface area contributed by atoms with Crippen LogP contribution in [0.3, 0.4) is 0 Å². The molecule has 0 unspecified atom stereocenters. The molecular weight excluding hydrogens is 191 g/mol. The van der Waals surface area contributed by atoms with Gasteiger partial charge in [0.25, 0.3) is 0 Å². The van der Waals surface area contributed by atoms with E-state index in [-0.39, 0.29) is 77.5 Å². The van der Waals surface area contributed by atoms with Crippen LogP contribution < -0.4 is 29.6 Å². The molecule has 0 atom stereocenters. The van der Waals surface area contributed by atoms with Crippen LogP contribution in [0, 0.1) is 5.92 Å². The van der Waals surface area contributed by atoms with Gasteiger partial charge in [-0.1, -0.05) is 26.7 Å². The van der Waals surface area contributed by atoms with Gasteiger partial charge >= 0.3 is 73.3 Å². The Labute approximate surface area is 131 Å². The van der Waals surface area contributed by atoms with E-state index in [4.69, 9.17) is 5.11 Å². The predicted octanol–water partition coefficient (Wildman–Crippen LogP) is -0.752. The maximum absolute atomic E-state index is 10.5. The van der Waals surface area contributed by atoms with Crippen LogP contribution in [0.1, 0.15) is 43.8 Å². The van der Waals surface area contributed by atoms with E-state index in [0.29, 0.717) is 0 Å². The molecule has 0 aliphatic carbocycles. The minimum Gasteiger partial charge on any atom is -1.00 e. The fourth-order valence-corrected chi connectivity index (χ4v) is 1.09. The van der Waals surface area contributed by atoms with Gasteiger partial charge in [0.05, 0.1) is 5.92 Å². The van der Waals surface area contributed by atoms with Crippen LogP contribution in [-0.2, 0) is 4.79 Å². The van der Waals surface area contributed by atoms with E-state index in [2.05, 4.69) is 0 Å². The van der Waals surface area contributed by atoms with Crippen molar-refractivity contribution in [2.45, 2.75) is 39.5 Å². The molecule has 2 nitrogen and oxygen atoms in total. The molecule has 66 valence electrons. The van der Waals surface area contributed by atoms with E-state index >= 15 is 0 Å². The fraction of sp³-hybridized carbons (Fsp3) is 0.875. The van der Waals surface area contributed by atoms with Gasteiger partial charge < -0.3 is 9.39 Å². The summed E-state index contributed by atoms with van der Waals surface area (Å²) in [6.07, 6.45) is 3.58. The topological polar surface area (TPSA) is 37.3 Å². The quantitative estimate of drug-likeness (QED) is 0.606. The first kappa shape index (κ1) is 19.3. The van der Waals surface area contributed by atoms with Gasteiger partial charge in [-0.25, -0.2) is 0 Å². The molecule has 0 aromatic rings. The summed E-state index contributed by atoms with van der Waals surface area (Å²) in [4.78, 5) is 10.5. The van der Waals surface area contributed by atoms with Crippen molar-refractivity contribution in [3.05, 3.63) is 0 Å². The zero-order valence-electron chi connectivity index (χ0n) is 11.5. The van der Waals surface area contributed by atoms with Crippen molar-refractivity contribution in [3.8, 4) is 0 Å². The molecule has 0 fully saturated rings. The molecule has 0 radical (unpaired) electrons. The Kier molecular flexibility index (Phi) is 20.5. The van der Waals surface area contributed by atoms with Gasteiger partial charge in [-0.05, 0) is 12.8 Å². The smallest absolute Gasteiger partial charge is 1.00 e. The molecule has 0 saturated carbocycles. The summed E-state index contributed by atoms with van der Waals surface area (Å²) in [6.45, 7) is 4.04. The molecule has 0 heterocycles. The number of hydrogen-bond donors (Lipinski definition) is 1. The Bertz CT molecular complexity index is 114. The zero-order chi connectivity index (χ0) is 7.98. The van der Waals surface area contributed by atoms with E-state index in [1.807, 2.05) is 13.8 Å². The molecule has 0 aromatic heterocycles. The van der Waals surface area contributed by atoms with Crippen LogP contribution in [0.2, 0.25) is 0 Å². The third kappa shape index (κ3) is 9.81. The monoisotopic (exact) mass is 210 g/mol. The SMILES string of the molecule is CCCC(CCC)C(=O)O.[Ca+2].[H-].[H-].[H-].[Na+]. The molecular formula is C8H19CaNaO2. The van der Waals surface area contributed by atoms with Gasteiger partial charge in [-0.15, -0.1) is 0 Å². The van der Waals surface area contributed by atoms with Gasteiger partial charge in [0.15, 0.2) is 0 Å². The van der Waals surface area contributed by atoms with E-state index in [1.54, 1.807) is 0 Å². The van der Waals surface area contributed by atoms with E-state index in [0.717, 1.165) is 25.7 Å². The van der Waals surface area contributed by atoms with Gasteiger partial charge in [0.2, 0.25) is 0 Å². The van der Waals surface area contributed by atoms with Gasteiger partial charge in [0.1, 0.15) is 0 Å². The van der Waals surface area contributed by atoms with Gasteiger partial charge in [-0.2, -0.15) is 0 Å². The molecule has 0 bridgehead atoms. The maximum atomic E-state index is 10.5. The molecule has 4 heteroatoms. The number of carbonyl (C=O) groups is 1. The largest absolute Gasteiger partial charge is 2.00 e. The number of rotatable bonds is 5. The normalized spacial score (nSPS) is 8.58. The van der Waals surface area contributed by atoms with Crippen LogP contribution >= 0.6 is 0 Å². The standard InChI is InChI=1S/C8H16O2.Ca.Na.3H/c1-3-5-7(6-4-2)8(9)10;;;;;/h7H,3-6H2,1-2H3,(H,9,10);;;;;/q;+2;+1;3*-1. The molecule has 0 amide bonds. The van der Waals surface area contributed by atoms with E-state index in [1.165, 1.54) is 0 Å². The molecule has 0 saturated heterocycles. The Morgan fingerprint density at radius 3 is 1.83 bits per heavy atom. The summed E-state index contributed by atoms with van der Waals surface area (Å²) in [5, 5.41) is 8.64.